The minimum absolute atomic E-state index is 0.101. The van der Waals surface area contributed by atoms with Crippen LogP contribution in [0.5, 0.6) is 11.5 Å². The summed E-state index contributed by atoms with van der Waals surface area (Å²) in [5.74, 6) is -2.83. The number of halogens is 2. The van der Waals surface area contributed by atoms with Crippen LogP contribution in [-0.4, -0.2) is 55.4 Å². The maximum Gasteiger partial charge on any atom is 0.510 e. The van der Waals surface area contributed by atoms with Crippen molar-refractivity contribution in [1.82, 2.24) is 9.58 Å². The van der Waals surface area contributed by atoms with Gasteiger partial charge in [-0.1, -0.05) is 30.3 Å². The molecule has 0 aliphatic carbocycles. The summed E-state index contributed by atoms with van der Waals surface area (Å²) in [6.45, 7) is -0.577. The number of methoxy groups -OCH3 is 1. The fraction of sp³-hybridized carbons (Fsp3) is 0.269. The van der Waals surface area contributed by atoms with Gasteiger partial charge in [0.05, 0.1) is 13.7 Å². The molecule has 0 bridgehead atoms. The molecule has 198 valence electrons. The van der Waals surface area contributed by atoms with Gasteiger partial charge in [0.15, 0.2) is 17.3 Å². The average molecular weight is 527 g/mol. The van der Waals surface area contributed by atoms with Crippen LogP contribution in [0.2, 0.25) is 0 Å². The molecule has 0 spiro atoms. The van der Waals surface area contributed by atoms with Crippen molar-refractivity contribution in [2.45, 2.75) is 18.6 Å². The molecule has 1 aromatic heterocycles. The van der Waals surface area contributed by atoms with E-state index in [0.29, 0.717) is 17.5 Å². The number of fused-ring (bicyclic) bond motifs is 4. The summed E-state index contributed by atoms with van der Waals surface area (Å²) < 4.78 is 50.7. The highest BCUT2D eigenvalue weighted by Gasteiger charge is 2.43. The summed E-state index contributed by atoms with van der Waals surface area (Å²) in [7, 11) is 2.67. The minimum Gasteiger partial charge on any atom is -0.493 e. The fourth-order valence-corrected chi connectivity index (χ4v) is 4.74. The van der Waals surface area contributed by atoms with Gasteiger partial charge in [0.1, 0.15) is 18.0 Å². The van der Waals surface area contributed by atoms with Gasteiger partial charge in [-0.2, -0.15) is 0 Å². The second kappa shape index (κ2) is 10.0. The van der Waals surface area contributed by atoms with Crippen LogP contribution in [0, 0.1) is 11.6 Å². The van der Waals surface area contributed by atoms with Crippen molar-refractivity contribution in [2.75, 3.05) is 32.6 Å². The second-order valence-corrected chi connectivity index (χ2v) is 8.59. The quantitative estimate of drug-likeness (QED) is 0.377. The highest BCUT2D eigenvalue weighted by atomic mass is 19.2. The Morgan fingerprint density at radius 1 is 1.11 bits per heavy atom. The zero-order chi connectivity index (χ0) is 27.0. The normalized spacial score (nSPS) is 18.3. The number of benzene rings is 2. The highest BCUT2D eigenvalue weighted by molar-refractivity contribution is 5.96. The molecule has 3 aromatic rings. The molecule has 0 radical (unpaired) electrons. The molecule has 10 nitrogen and oxygen atoms in total. The number of hydrogen-bond acceptors (Lipinski definition) is 8. The maximum absolute atomic E-state index is 14.6. The standard InChI is InChI=1S/C26H23F2N3O7/c1-29-21-9-11-36-20-13-18(28)17(27)12-16(20)22(15-6-4-3-5-7-15)31(21)30-10-8-19(32)24(23(30)25(29)33)37-14-38-26(34)35-2/h3-8,10,12-13,21-22H,9,11,14H2,1-2H3/t21-,22?/m0/s1. The SMILES string of the molecule is COC(=O)OCOc1c2n(ccc1=O)N1C(c3ccccc3)c3cc(F)c(F)cc3OCC[C@H]1N(C)C2=O. The monoisotopic (exact) mass is 527 g/mol. The van der Waals surface area contributed by atoms with Crippen LogP contribution in [0.3, 0.4) is 0 Å². The topological polar surface area (TPSA) is 99.5 Å². The molecule has 0 fully saturated rings. The minimum atomic E-state index is -1.06. The number of pyridine rings is 1. The largest absolute Gasteiger partial charge is 0.510 e. The molecule has 2 aliphatic rings. The van der Waals surface area contributed by atoms with Crippen LogP contribution in [0.1, 0.15) is 34.1 Å². The molecule has 5 rings (SSSR count). The molecule has 2 aliphatic heterocycles. The van der Waals surface area contributed by atoms with Crippen molar-refractivity contribution < 1.29 is 37.3 Å². The Kier molecular flexibility index (Phi) is 6.62. The summed E-state index contributed by atoms with van der Waals surface area (Å²) in [5.41, 5.74) is 0.268. The van der Waals surface area contributed by atoms with Crippen LogP contribution in [-0.2, 0) is 9.47 Å². The predicted octanol–water partition coefficient (Wildman–Crippen LogP) is 3.17. The lowest BCUT2D eigenvalue weighted by atomic mass is 9.95. The van der Waals surface area contributed by atoms with Crippen LogP contribution in [0.25, 0.3) is 0 Å². The van der Waals surface area contributed by atoms with Gasteiger partial charge in [-0.15, -0.1) is 0 Å². The predicted molar refractivity (Wildman–Crippen MR) is 129 cm³/mol. The first-order chi connectivity index (χ1) is 18.3. The van der Waals surface area contributed by atoms with E-state index in [0.717, 1.165) is 19.2 Å². The van der Waals surface area contributed by atoms with Crippen molar-refractivity contribution in [3.8, 4) is 11.5 Å². The second-order valence-electron chi connectivity index (χ2n) is 8.59. The maximum atomic E-state index is 14.6. The molecule has 1 unspecified atom stereocenters. The van der Waals surface area contributed by atoms with E-state index in [2.05, 4.69) is 4.74 Å². The Morgan fingerprint density at radius 2 is 1.84 bits per heavy atom. The lowest BCUT2D eigenvalue weighted by Crippen LogP contribution is -2.62. The molecule has 2 atom stereocenters. The van der Waals surface area contributed by atoms with Gasteiger partial charge in [0.25, 0.3) is 5.91 Å². The molecular formula is C26H23F2N3O7. The van der Waals surface area contributed by atoms with Crippen molar-refractivity contribution in [3.05, 3.63) is 93.4 Å². The molecule has 38 heavy (non-hydrogen) atoms. The van der Waals surface area contributed by atoms with Gasteiger partial charge in [-0.05, 0) is 11.6 Å². The van der Waals surface area contributed by atoms with E-state index < -0.39 is 48.1 Å². The Labute approximate surface area is 215 Å². The molecule has 1 amide bonds. The number of rotatable bonds is 4. The van der Waals surface area contributed by atoms with Crippen LogP contribution in [0.4, 0.5) is 13.6 Å². The zero-order valence-corrected chi connectivity index (χ0v) is 20.4. The van der Waals surface area contributed by atoms with Gasteiger partial charge in [-0.25, -0.2) is 13.6 Å². The Balaban J connectivity index is 1.73. The number of amides is 1. The van der Waals surface area contributed by atoms with Crippen LogP contribution < -0.4 is 19.9 Å². The molecule has 2 aromatic carbocycles. The van der Waals surface area contributed by atoms with Crippen LogP contribution in [0.15, 0.2) is 59.5 Å². The van der Waals surface area contributed by atoms with Crippen LogP contribution >= 0.6 is 0 Å². The van der Waals surface area contributed by atoms with E-state index in [9.17, 15) is 23.2 Å². The van der Waals surface area contributed by atoms with Gasteiger partial charge in [0, 0.05) is 37.4 Å². The van der Waals surface area contributed by atoms with E-state index in [1.165, 1.54) is 21.8 Å². The Bertz CT molecular complexity index is 1450. The summed E-state index contributed by atoms with van der Waals surface area (Å²) >= 11 is 0. The number of hydrogen-bond donors (Lipinski definition) is 0. The fourth-order valence-electron chi connectivity index (χ4n) is 4.74. The van der Waals surface area contributed by atoms with E-state index in [1.807, 2.05) is 18.2 Å². The first-order valence-corrected chi connectivity index (χ1v) is 11.6. The molecule has 0 saturated carbocycles. The van der Waals surface area contributed by atoms with Crippen molar-refractivity contribution in [1.29, 1.82) is 0 Å². The van der Waals surface area contributed by atoms with Gasteiger partial charge >= 0.3 is 6.16 Å². The number of ether oxygens (including phenoxy) is 4. The van der Waals surface area contributed by atoms with E-state index in [-0.39, 0.29) is 23.8 Å². The average Bonchev–Trinajstić information content (AvgIpc) is 2.91. The Morgan fingerprint density at radius 3 is 2.58 bits per heavy atom. The first-order valence-electron chi connectivity index (χ1n) is 11.6. The highest BCUT2D eigenvalue weighted by Crippen LogP contribution is 2.41. The Hall–Kier alpha value is -4.61. The number of carbonyl (C=O) groups is 2. The third kappa shape index (κ3) is 4.27. The molecule has 0 N–H and O–H groups in total. The van der Waals surface area contributed by atoms with Gasteiger partial charge < -0.3 is 23.8 Å². The summed E-state index contributed by atoms with van der Waals surface area (Å²) in [6, 6.07) is 11.6. The molecule has 12 heteroatoms. The third-order valence-electron chi connectivity index (χ3n) is 6.47. The third-order valence-corrected chi connectivity index (χ3v) is 6.47. The van der Waals surface area contributed by atoms with Crippen molar-refractivity contribution >= 4 is 12.1 Å². The number of aromatic nitrogens is 1. The summed E-state index contributed by atoms with van der Waals surface area (Å²) in [6.07, 6.45) is 0.0824. The van der Waals surface area contributed by atoms with Crippen molar-refractivity contribution in [3.63, 3.8) is 0 Å². The van der Waals surface area contributed by atoms with E-state index in [4.69, 9.17) is 14.2 Å². The van der Waals surface area contributed by atoms with Crippen molar-refractivity contribution in [2.24, 2.45) is 0 Å². The first kappa shape index (κ1) is 25.1. The molecular weight excluding hydrogens is 504 g/mol. The lowest BCUT2D eigenvalue weighted by molar-refractivity contribution is 0.0131. The zero-order valence-electron chi connectivity index (χ0n) is 20.4. The van der Waals surface area contributed by atoms with E-state index in [1.54, 1.807) is 24.2 Å². The molecule has 3 heterocycles. The smallest absolute Gasteiger partial charge is 0.493 e. The van der Waals surface area contributed by atoms with Gasteiger partial charge in [0.2, 0.25) is 18.0 Å². The number of nitrogens with zero attached hydrogens (tertiary/aromatic N) is 3. The number of carbonyl (C=O) groups excluding carboxylic acids is 2. The molecule has 0 saturated heterocycles. The van der Waals surface area contributed by atoms with Gasteiger partial charge in [-0.3, -0.25) is 19.3 Å². The lowest BCUT2D eigenvalue weighted by Gasteiger charge is -2.50. The summed E-state index contributed by atoms with van der Waals surface area (Å²) in [5, 5.41) is 1.79. The summed E-state index contributed by atoms with van der Waals surface area (Å²) in [4.78, 5) is 39.1. The van der Waals surface area contributed by atoms with E-state index >= 15 is 0 Å².